The lowest BCUT2D eigenvalue weighted by molar-refractivity contribution is 0.209. The maximum Gasteiger partial charge on any atom is 0.126 e. The number of benzene rings is 1. The zero-order valence-electron chi connectivity index (χ0n) is 10.6. The molecule has 1 N–H and O–H groups in total. The maximum atomic E-state index is 10.3. The van der Waals surface area contributed by atoms with Crippen LogP contribution in [0.1, 0.15) is 17.4 Å². The second-order valence-corrected chi connectivity index (χ2v) is 3.97. The van der Waals surface area contributed by atoms with Crippen molar-refractivity contribution < 1.29 is 14.6 Å². The minimum Gasteiger partial charge on any atom is -0.497 e. The summed E-state index contributed by atoms with van der Waals surface area (Å²) in [5, 5.41) is 10.3. The third-order valence-electron chi connectivity index (χ3n) is 2.74. The lowest BCUT2D eigenvalue weighted by Gasteiger charge is -2.14. The highest BCUT2D eigenvalue weighted by Crippen LogP contribution is 2.32. The quantitative estimate of drug-likeness (QED) is 0.891. The average molecular weight is 248 g/mol. The summed E-state index contributed by atoms with van der Waals surface area (Å²) in [6.07, 6.45) is 2.57. The topological polar surface area (TPSA) is 56.5 Å². The fraction of sp³-hybridized carbons (Fsp3) is 0.308. The van der Waals surface area contributed by atoms with Gasteiger partial charge in [-0.05, 0) is 18.2 Å². The summed E-state index contributed by atoms with van der Waals surface area (Å²) in [6.45, 7) is 0. The highest BCUT2D eigenvalue weighted by atomic mass is 16.5. The molecule has 18 heavy (non-hydrogen) atoms. The Morgan fingerprint density at radius 3 is 2.61 bits per heavy atom. The molecule has 96 valence electrons. The molecule has 2 aromatic rings. The van der Waals surface area contributed by atoms with Crippen molar-refractivity contribution >= 4 is 0 Å². The number of methoxy groups -OCH3 is 2. The van der Waals surface area contributed by atoms with Crippen molar-refractivity contribution in [1.29, 1.82) is 0 Å². The molecule has 0 spiro atoms. The number of hydrogen-bond donors (Lipinski definition) is 1. The number of aliphatic hydroxyl groups is 1. The van der Waals surface area contributed by atoms with Gasteiger partial charge in [-0.3, -0.25) is 0 Å². The third kappa shape index (κ3) is 2.31. The predicted octanol–water partition coefficient (Wildman–Crippen LogP) is 1.52. The van der Waals surface area contributed by atoms with Crippen LogP contribution in [0, 0.1) is 0 Å². The van der Waals surface area contributed by atoms with E-state index in [4.69, 9.17) is 9.47 Å². The van der Waals surface area contributed by atoms with Crippen LogP contribution in [0.15, 0.2) is 30.7 Å². The van der Waals surface area contributed by atoms with Gasteiger partial charge < -0.3 is 19.1 Å². The van der Waals surface area contributed by atoms with Crippen molar-refractivity contribution in [3.05, 3.63) is 42.0 Å². The molecule has 0 saturated carbocycles. The number of hydrogen-bond acceptors (Lipinski definition) is 4. The van der Waals surface area contributed by atoms with E-state index in [1.807, 2.05) is 7.05 Å². The number of ether oxygens (including phenoxy) is 2. The van der Waals surface area contributed by atoms with Crippen molar-refractivity contribution in [2.45, 2.75) is 6.10 Å². The van der Waals surface area contributed by atoms with E-state index in [-0.39, 0.29) is 0 Å². The zero-order chi connectivity index (χ0) is 13.1. The van der Waals surface area contributed by atoms with E-state index in [2.05, 4.69) is 4.98 Å². The maximum absolute atomic E-state index is 10.3. The number of rotatable bonds is 4. The van der Waals surface area contributed by atoms with Crippen LogP contribution in [0.3, 0.4) is 0 Å². The van der Waals surface area contributed by atoms with Gasteiger partial charge in [0.05, 0.1) is 26.2 Å². The summed E-state index contributed by atoms with van der Waals surface area (Å²) < 4.78 is 12.2. The second kappa shape index (κ2) is 5.10. The Morgan fingerprint density at radius 2 is 2.06 bits per heavy atom. The summed E-state index contributed by atoms with van der Waals surface area (Å²) >= 11 is 0. The van der Waals surface area contributed by atoms with Crippen molar-refractivity contribution in [2.75, 3.05) is 14.2 Å². The van der Waals surface area contributed by atoms with E-state index in [1.165, 1.54) is 0 Å². The molecule has 2 rings (SSSR count). The smallest absolute Gasteiger partial charge is 0.126 e. The molecule has 0 aliphatic heterocycles. The van der Waals surface area contributed by atoms with Crippen LogP contribution in [-0.4, -0.2) is 28.9 Å². The Balaban J connectivity index is 2.41. The number of aromatic nitrogens is 2. The Bertz CT molecular complexity index is 537. The van der Waals surface area contributed by atoms with Gasteiger partial charge in [-0.15, -0.1) is 0 Å². The van der Waals surface area contributed by atoms with Gasteiger partial charge in [0.25, 0.3) is 0 Å². The molecule has 0 fully saturated rings. The molecule has 0 aliphatic rings. The normalized spacial score (nSPS) is 12.2. The first kappa shape index (κ1) is 12.4. The number of imidazole rings is 1. The van der Waals surface area contributed by atoms with Crippen LogP contribution in [0.4, 0.5) is 0 Å². The molecule has 0 aliphatic carbocycles. The van der Waals surface area contributed by atoms with Gasteiger partial charge in [0.1, 0.15) is 17.6 Å². The standard InChI is InChI=1S/C13H16N2O3/c1-15-7-11(14-8-15)13(16)10-6-9(17-2)4-5-12(10)18-3/h4-8,13,16H,1-3H3. The molecule has 1 aromatic heterocycles. The van der Waals surface area contributed by atoms with E-state index >= 15 is 0 Å². The molecule has 0 radical (unpaired) electrons. The molecule has 1 heterocycles. The third-order valence-corrected chi connectivity index (χ3v) is 2.74. The molecule has 1 atom stereocenters. The summed E-state index contributed by atoms with van der Waals surface area (Å²) in [4.78, 5) is 4.14. The monoisotopic (exact) mass is 248 g/mol. The SMILES string of the molecule is COc1ccc(OC)c(C(O)c2cn(C)cn2)c1. The molecule has 5 heteroatoms. The first-order chi connectivity index (χ1) is 8.65. The van der Waals surface area contributed by atoms with E-state index < -0.39 is 6.10 Å². The van der Waals surface area contributed by atoms with E-state index in [1.54, 1.807) is 49.5 Å². The van der Waals surface area contributed by atoms with E-state index in [9.17, 15) is 5.11 Å². The molecule has 1 aromatic carbocycles. The number of nitrogens with zero attached hydrogens (tertiary/aromatic N) is 2. The highest BCUT2D eigenvalue weighted by Gasteiger charge is 2.18. The zero-order valence-corrected chi connectivity index (χ0v) is 10.6. The predicted molar refractivity (Wildman–Crippen MR) is 66.8 cm³/mol. The molecular formula is C13H16N2O3. The highest BCUT2D eigenvalue weighted by molar-refractivity contribution is 5.43. The van der Waals surface area contributed by atoms with E-state index in [0.29, 0.717) is 22.8 Å². The molecule has 5 nitrogen and oxygen atoms in total. The minimum atomic E-state index is -0.837. The largest absolute Gasteiger partial charge is 0.497 e. The molecule has 0 amide bonds. The lowest BCUT2D eigenvalue weighted by atomic mass is 10.1. The van der Waals surface area contributed by atoms with Crippen LogP contribution in [0.2, 0.25) is 0 Å². The van der Waals surface area contributed by atoms with Gasteiger partial charge in [-0.1, -0.05) is 0 Å². The van der Waals surface area contributed by atoms with Crippen LogP contribution >= 0.6 is 0 Å². The van der Waals surface area contributed by atoms with E-state index in [0.717, 1.165) is 0 Å². The summed E-state index contributed by atoms with van der Waals surface area (Å²) in [5.41, 5.74) is 1.21. The van der Waals surface area contributed by atoms with Crippen molar-refractivity contribution in [2.24, 2.45) is 7.05 Å². The van der Waals surface area contributed by atoms with Crippen LogP contribution < -0.4 is 9.47 Å². The fourth-order valence-corrected chi connectivity index (χ4v) is 1.79. The van der Waals surface area contributed by atoms with Crippen LogP contribution in [0.25, 0.3) is 0 Å². The number of aliphatic hydroxyl groups excluding tert-OH is 1. The van der Waals surface area contributed by atoms with Crippen molar-refractivity contribution in [3.63, 3.8) is 0 Å². The molecule has 0 saturated heterocycles. The van der Waals surface area contributed by atoms with Gasteiger partial charge >= 0.3 is 0 Å². The van der Waals surface area contributed by atoms with Gasteiger partial charge in [0.15, 0.2) is 0 Å². The summed E-state index contributed by atoms with van der Waals surface area (Å²) in [5.74, 6) is 1.27. The Morgan fingerprint density at radius 1 is 1.28 bits per heavy atom. The molecular weight excluding hydrogens is 232 g/mol. The summed E-state index contributed by atoms with van der Waals surface area (Å²) in [6, 6.07) is 5.30. The first-order valence-corrected chi connectivity index (χ1v) is 5.53. The first-order valence-electron chi connectivity index (χ1n) is 5.53. The average Bonchev–Trinajstić information content (AvgIpc) is 2.83. The van der Waals surface area contributed by atoms with Crippen molar-refractivity contribution in [1.82, 2.24) is 9.55 Å². The Labute approximate surface area is 106 Å². The molecule has 0 bridgehead atoms. The Kier molecular flexibility index (Phi) is 3.53. The summed E-state index contributed by atoms with van der Waals surface area (Å²) in [7, 11) is 5.00. The number of aryl methyl sites for hydroxylation is 1. The Hall–Kier alpha value is -2.01. The van der Waals surface area contributed by atoms with Crippen LogP contribution in [-0.2, 0) is 7.05 Å². The van der Waals surface area contributed by atoms with Gasteiger partial charge in [0.2, 0.25) is 0 Å². The van der Waals surface area contributed by atoms with Gasteiger partial charge in [-0.25, -0.2) is 4.98 Å². The van der Waals surface area contributed by atoms with Gasteiger partial charge in [-0.2, -0.15) is 0 Å². The van der Waals surface area contributed by atoms with Crippen molar-refractivity contribution in [3.8, 4) is 11.5 Å². The fourth-order valence-electron chi connectivity index (χ4n) is 1.79. The second-order valence-electron chi connectivity index (χ2n) is 3.97. The van der Waals surface area contributed by atoms with Crippen LogP contribution in [0.5, 0.6) is 11.5 Å². The minimum absolute atomic E-state index is 0.573. The van der Waals surface area contributed by atoms with Gasteiger partial charge in [0, 0.05) is 18.8 Å². The molecule has 1 unspecified atom stereocenters. The lowest BCUT2D eigenvalue weighted by Crippen LogP contribution is -2.03.